The third-order valence-electron chi connectivity index (χ3n) is 10.2. The molecule has 8 nitrogen and oxygen atoms in total. The fourth-order valence-electron chi connectivity index (χ4n) is 7.76. The summed E-state index contributed by atoms with van der Waals surface area (Å²) in [5.41, 5.74) is 23.8. The summed E-state index contributed by atoms with van der Waals surface area (Å²) in [5, 5.41) is 17.5. The van der Waals surface area contributed by atoms with E-state index >= 15 is 0 Å². The molecule has 5 N–H and O–H groups in total. The lowest BCUT2D eigenvalue weighted by Crippen LogP contribution is -3.00. The Morgan fingerprint density at radius 1 is 0.745 bits per heavy atom. The Balaban J connectivity index is 0.00000406. The molecule has 0 saturated heterocycles. The predicted molar refractivity (Wildman–Crippen MR) is 205 cm³/mol. The number of unbranched alkanes of at least 4 members (excludes halogenated alkanes) is 3. The average Bonchev–Trinajstić information content (AvgIpc) is 3.60. The number of nitrogens with zero attached hydrogens (tertiary/aromatic N) is 5. The van der Waals surface area contributed by atoms with E-state index in [0.717, 1.165) is 92.7 Å². The SMILES string of the molecule is Nc1ccc2c(c1)c(-c1ccccc1)[n+](CCCCCCc1cn(CCNc3c4c(nc5ccccc35)CCCC4)nn1)c1cc(N)ccc21.[Cl-]. The highest BCUT2D eigenvalue weighted by Gasteiger charge is 2.24. The Hall–Kier alpha value is -5.21. The van der Waals surface area contributed by atoms with Gasteiger partial charge in [0.15, 0.2) is 0 Å². The molecule has 0 atom stereocenters. The number of hydrogen-bond donors (Lipinski definition) is 3. The van der Waals surface area contributed by atoms with E-state index in [1.165, 1.54) is 62.6 Å². The van der Waals surface area contributed by atoms with E-state index in [1.807, 2.05) is 16.8 Å². The zero-order chi connectivity index (χ0) is 33.9. The number of nitrogens with one attached hydrogen (secondary N) is 1. The van der Waals surface area contributed by atoms with Crippen LogP contribution in [0.1, 0.15) is 55.5 Å². The molecule has 0 fully saturated rings. The van der Waals surface area contributed by atoms with Crippen LogP contribution in [0.4, 0.5) is 17.1 Å². The standard InChI is InChI=1S/C42H44N8.ClH/c43-30-19-21-33-34-22-20-31(44)27-40(34)50(42(37(33)26-30)29-12-4-3-5-13-29)24-11-2-1-6-14-32-28-49(48-47-32)25-23-45-41-35-15-7-9-17-38(35)46-39-18-10-8-16-36(39)41;/h3-5,7,9,12-13,15,17,19-22,26-28,44H,1-2,6,8,10-11,14,16,18,23-25,43H2,(H,45,46);1H. The zero-order valence-corrected chi connectivity index (χ0v) is 29.7. The van der Waals surface area contributed by atoms with E-state index in [1.54, 1.807) is 0 Å². The number of nitrogens with two attached hydrogens (primary N) is 2. The van der Waals surface area contributed by atoms with Crippen LogP contribution in [0.25, 0.3) is 43.8 Å². The molecule has 0 aliphatic heterocycles. The van der Waals surface area contributed by atoms with E-state index in [2.05, 4.69) is 105 Å². The van der Waals surface area contributed by atoms with E-state index in [4.69, 9.17) is 16.5 Å². The highest BCUT2D eigenvalue weighted by atomic mass is 35.5. The molecular formula is C42H45ClN8. The lowest BCUT2D eigenvalue weighted by atomic mass is 9.92. The maximum absolute atomic E-state index is 6.35. The Kier molecular flexibility index (Phi) is 10.3. The first-order chi connectivity index (χ1) is 24.6. The molecular weight excluding hydrogens is 652 g/mol. The van der Waals surface area contributed by atoms with E-state index < -0.39 is 0 Å². The van der Waals surface area contributed by atoms with Gasteiger partial charge in [-0.05, 0) is 93.0 Å². The quantitative estimate of drug-likeness (QED) is 0.0714. The van der Waals surface area contributed by atoms with Gasteiger partial charge in [0, 0.05) is 64.3 Å². The summed E-state index contributed by atoms with van der Waals surface area (Å²) in [6.45, 7) is 2.47. The number of aromatic nitrogens is 5. The van der Waals surface area contributed by atoms with Crippen molar-refractivity contribution in [3.8, 4) is 11.3 Å². The van der Waals surface area contributed by atoms with E-state index in [0.29, 0.717) is 0 Å². The van der Waals surface area contributed by atoms with Crippen LogP contribution in [-0.4, -0.2) is 26.5 Å². The average molecular weight is 697 g/mol. The van der Waals surface area contributed by atoms with Gasteiger partial charge in [-0.25, -0.2) is 0 Å². The Morgan fingerprint density at radius 2 is 1.51 bits per heavy atom. The van der Waals surface area contributed by atoms with Crippen molar-refractivity contribution in [1.82, 2.24) is 20.0 Å². The first kappa shape index (κ1) is 34.2. The molecule has 0 bridgehead atoms. The van der Waals surface area contributed by atoms with Crippen molar-refractivity contribution in [2.75, 3.05) is 23.3 Å². The zero-order valence-electron chi connectivity index (χ0n) is 29.0. The Bertz CT molecular complexity index is 2300. The molecule has 51 heavy (non-hydrogen) atoms. The van der Waals surface area contributed by atoms with Gasteiger partial charge in [-0.1, -0.05) is 54.1 Å². The van der Waals surface area contributed by atoms with Crippen LogP contribution in [0.3, 0.4) is 0 Å². The first-order valence-corrected chi connectivity index (χ1v) is 18.2. The van der Waals surface area contributed by atoms with Crippen LogP contribution >= 0.6 is 0 Å². The molecule has 8 rings (SSSR count). The summed E-state index contributed by atoms with van der Waals surface area (Å²) in [6, 6.07) is 31.6. The van der Waals surface area contributed by atoms with Gasteiger partial charge >= 0.3 is 0 Å². The number of para-hydroxylation sites is 1. The van der Waals surface area contributed by atoms with E-state index in [-0.39, 0.29) is 12.4 Å². The summed E-state index contributed by atoms with van der Waals surface area (Å²) in [4.78, 5) is 4.98. The fourth-order valence-corrected chi connectivity index (χ4v) is 7.76. The second kappa shape index (κ2) is 15.4. The lowest BCUT2D eigenvalue weighted by molar-refractivity contribution is -0.659. The Morgan fingerprint density at radius 3 is 2.39 bits per heavy atom. The molecule has 1 aliphatic rings. The van der Waals surface area contributed by atoms with Crippen molar-refractivity contribution in [1.29, 1.82) is 0 Å². The number of benzene rings is 4. The largest absolute Gasteiger partial charge is 1.00 e. The van der Waals surface area contributed by atoms with Gasteiger partial charge in [-0.2, -0.15) is 4.57 Å². The first-order valence-electron chi connectivity index (χ1n) is 18.2. The molecule has 7 aromatic rings. The van der Waals surface area contributed by atoms with Crippen molar-refractivity contribution in [3.05, 3.63) is 114 Å². The fraction of sp³-hybridized carbons (Fsp3) is 0.286. The summed E-state index contributed by atoms with van der Waals surface area (Å²) in [5.74, 6) is 0. The number of nitrogen functional groups attached to an aromatic ring is 2. The minimum Gasteiger partial charge on any atom is -1.00 e. The van der Waals surface area contributed by atoms with Crippen LogP contribution in [0.15, 0.2) is 97.2 Å². The molecule has 1 aliphatic carbocycles. The molecule has 0 saturated carbocycles. The van der Waals surface area contributed by atoms with Gasteiger partial charge in [-0.3, -0.25) is 9.67 Å². The van der Waals surface area contributed by atoms with Crippen LogP contribution in [0, 0.1) is 0 Å². The number of fused-ring (bicyclic) bond motifs is 5. The number of hydrogen-bond acceptors (Lipinski definition) is 6. The molecule has 9 heteroatoms. The monoisotopic (exact) mass is 696 g/mol. The predicted octanol–water partition coefficient (Wildman–Crippen LogP) is 5.05. The van der Waals surface area contributed by atoms with Crippen LogP contribution in [-0.2, 0) is 32.4 Å². The van der Waals surface area contributed by atoms with Gasteiger partial charge in [0.25, 0.3) is 0 Å². The van der Waals surface area contributed by atoms with Crippen molar-refractivity contribution in [2.45, 2.75) is 70.9 Å². The number of halogens is 1. The summed E-state index contributed by atoms with van der Waals surface area (Å²) >= 11 is 0. The molecule has 0 unspecified atom stereocenters. The maximum Gasteiger partial charge on any atom is 0.220 e. The molecule has 3 aromatic heterocycles. The number of pyridine rings is 2. The normalized spacial score (nSPS) is 12.6. The molecule has 260 valence electrons. The third kappa shape index (κ3) is 7.19. The van der Waals surface area contributed by atoms with Crippen LogP contribution < -0.4 is 33.8 Å². The van der Waals surface area contributed by atoms with Gasteiger partial charge in [-0.15, -0.1) is 5.10 Å². The molecule has 0 spiro atoms. The van der Waals surface area contributed by atoms with Gasteiger partial charge in [0.1, 0.15) is 6.54 Å². The number of rotatable bonds is 12. The van der Waals surface area contributed by atoms with Crippen molar-refractivity contribution >= 4 is 49.6 Å². The van der Waals surface area contributed by atoms with Crippen molar-refractivity contribution in [3.63, 3.8) is 0 Å². The smallest absolute Gasteiger partial charge is 0.220 e. The van der Waals surface area contributed by atoms with Crippen molar-refractivity contribution < 1.29 is 17.0 Å². The minimum atomic E-state index is 0. The van der Waals surface area contributed by atoms with E-state index in [9.17, 15) is 0 Å². The topological polar surface area (TPSA) is 112 Å². The summed E-state index contributed by atoms with van der Waals surface area (Å²) < 4.78 is 4.43. The molecule has 0 radical (unpaired) electrons. The highest BCUT2D eigenvalue weighted by Crippen LogP contribution is 2.35. The molecule has 4 aromatic carbocycles. The molecule has 3 heterocycles. The molecule has 0 amide bonds. The Labute approximate surface area is 305 Å². The number of anilines is 3. The summed E-state index contributed by atoms with van der Waals surface area (Å²) in [7, 11) is 0. The lowest BCUT2D eigenvalue weighted by Gasteiger charge is -2.21. The van der Waals surface area contributed by atoms with Gasteiger partial charge in [0.2, 0.25) is 11.2 Å². The van der Waals surface area contributed by atoms with Gasteiger partial charge in [0.05, 0.1) is 28.5 Å². The van der Waals surface area contributed by atoms with Gasteiger partial charge < -0.3 is 29.2 Å². The highest BCUT2D eigenvalue weighted by molar-refractivity contribution is 6.10. The van der Waals surface area contributed by atoms with Crippen molar-refractivity contribution in [2.24, 2.45) is 0 Å². The minimum absolute atomic E-state index is 0. The maximum atomic E-state index is 6.35. The summed E-state index contributed by atoms with van der Waals surface area (Å²) in [6.07, 6.45) is 12.1. The second-order valence-electron chi connectivity index (χ2n) is 13.6. The second-order valence-corrected chi connectivity index (χ2v) is 13.6. The number of aryl methyl sites for hydroxylation is 3. The third-order valence-corrected chi connectivity index (χ3v) is 10.2. The van der Waals surface area contributed by atoms with Crippen LogP contribution in [0.5, 0.6) is 0 Å². The van der Waals surface area contributed by atoms with Crippen LogP contribution in [0.2, 0.25) is 0 Å².